The van der Waals surface area contributed by atoms with Gasteiger partial charge in [0.15, 0.2) is 0 Å². The number of nitrogens with one attached hydrogen (secondary N) is 1. The van der Waals surface area contributed by atoms with Crippen molar-refractivity contribution in [1.82, 2.24) is 9.78 Å². The first-order valence-electron chi connectivity index (χ1n) is 6.28. The highest BCUT2D eigenvalue weighted by molar-refractivity contribution is 7.80. The predicted molar refractivity (Wildman–Crippen MR) is 84.6 cm³/mol. The first-order valence-corrected chi connectivity index (χ1v) is 6.69. The summed E-state index contributed by atoms with van der Waals surface area (Å²) in [6, 6.07) is 7.03. The van der Waals surface area contributed by atoms with Crippen molar-refractivity contribution in [2.24, 2.45) is 12.8 Å². The predicted octanol–water partition coefficient (Wildman–Crippen LogP) is 1.65. The normalized spacial score (nSPS) is 10.2. The Morgan fingerprint density at radius 3 is 2.90 bits per heavy atom. The molecule has 0 atom stereocenters. The topological polar surface area (TPSA) is 82.2 Å². The fourth-order valence-electron chi connectivity index (χ4n) is 1.84. The Morgan fingerprint density at radius 1 is 1.52 bits per heavy atom. The molecule has 0 unspecified atom stereocenters. The molecule has 110 valence electrons. The van der Waals surface area contributed by atoms with Gasteiger partial charge in [-0.2, -0.15) is 5.10 Å². The molecule has 1 aromatic carbocycles. The van der Waals surface area contributed by atoms with Crippen LogP contribution in [-0.4, -0.2) is 27.3 Å². The third-order valence-electron chi connectivity index (χ3n) is 2.73. The fraction of sp³-hybridized carbons (Fsp3) is 0.214. The molecule has 0 spiro atoms. The summed E-state index contributed by atoms with van der Waals surface area (Å²) < 4.78 is 6.99. The number of nitrogens with two attached hydrogens (primary N) is 1. The van der Waals surface area contributed by atoms with Gasteiger partial charge in [-0.1, -0.05) is 18.3 Å². The van der Waals surface area contributed by atoms with Crippen LogP contribution in [0.3, 0.4) is 0 Å². The number of aromatic nitrogens is 2. The van der Waals surface area contributed by atoms with Crippen LogP contribution in [-0.2, 0) is 7.05 Å². The minimum Gasteiger partial charge on any atom is -0.486 e. The molecule has 0 aliphatic rings. The summed E-state index contributed by atoms with van der Waals surface area (Å²) in [6.45, 7) is 1.95. The highest BCUT2D eigenvalue weighted by Gasteiger charge is 2.12. The van der Waals surface area contributed by atoms with Gasteiger partial charge in [-0.05, 0) is 19.1 Å². The molecule has 0 aliphatic heterocycles. The molecular formula is C14H16N4O2S. The number of hydrogen-bond donors (Lipinski definition) is 2. The van der Waals surface area contributed by atoms with E-state index in [0.29, 0.717) is 22.7 Å². The van der Waals surface area contributed by atoms with Crippen molar-refractivity contribution in [2.75, 3.05) is 11.9 Å². The highest BCUT2D eigenvalue weighted by atomic mass is 32.1. The quantitative estimate of drug-likeness (QED) is 0.821. The van der Waals surface area contributed by atoms with Gasteiger partial charge in [0.2, 0.25) is 0 Å². The molecule has 1 amide bonds. The first-order chi connectivity index (χ1) is 9.95. The number of anilines is 1. The summed E-state index contributed by atoms with van der Waals surface area (Å²) in [5, 5.41) is 6.95. The van der Waals surface area contributed by atoms with Crippen LogP contribution < -0.4 is 15.8 Å². The van der Waals surface area contributed by atoms with Crippen LogP contribution in [0.2, 0.25) is 0 Å². The van der Waals surface area contributed by atoms with E-state index in [9.17, 15) is 4.79 Å². The molecule has 6 nitrogen and oxygen atoms in total. The molecular weight excluding hydrogens is 288 g/mol. The van der Waals surface area contributed by atoms with Crippen LogP contribution in [0.4, 0.5) is 5.69 Å². The van der Waals surface area contributed by atoms with Gasteiger partial charge in [0, 0.05) is 25.0 Å². The van der Waals surface area contributed by atoms with Crippen LogP contribution in [0.15, 0.2) is 30.5 Å². The maximum Gasteiger partial charge on any atom is 0.259 e. The van der Waals surface area contributed by atoms with Crippen molar-refractivity contribution in [1.29, 1.82) is 0 Å². The number of hydrogen-bond acceptors (Lipinski definition) is 4. The molecule has 7 heteroatoms. The number of ether oxygens (including phenoxy) is 1. The number of thiocarbonyl (C=S) groups is 1. The van der Waals surface area contributed by atoms with E-state index in [-0.39, 0.29) is 17.5 Å². The van der Waals surface area contributed by atoms with E-state index in [1.54, 1.807) is 49.1 Å². The number of amides is 1. The van der Waals surface area contributed by atoms with E-state index in [1.165, 1.54) is 0 Å². The zero-order chi connectivity index (χ0) is 15.4. The van der Waals surface area contributed by atoms with E-state index in [4.69, 9.17) is 22.7 Å². The fourth-order valence-corrected chi connectivity index (χ4v) is 1.90. The summed E-state index contributed by atoms with van der Waals surface area (Å²) in [6.07, 6.45) is 1.68. The Kier molecular flexibility index (Phi) is 4.54. The second-order valence-electron chi connectivity index (χ2n) is 4.54. The summed E-state index contributed by atoms with van der Waals surface area (Å²) >= 11 is 4.75. The number of rotatable bonds is 5. The number of carbonyl (C=O) groups is 1. The molecule has 0 radical (unpaired) electrons. The third-order valence-corrected chi connectivity index (χ3v) is 2.85. The van der Waals surface area contributed by atoms with E-state index < -0.39 is 0 Å². The minimum atomic E-state index is -0.216. The van der Waals surface area contributed by atoms with Crippen molar-refractivity contribution < 1.29 is 9.53 Å². The molecule has 0 fully saturated rings. The first kappa shape index (κ1) is 15.0. The molecule has 0 saturated heterocycles. The third kappa shape index (κ3) is 4.03. The smallest absolute Gasteiger partial charge is 0.259 e. The molecule has 0 bridgehead atoms. The maximum absolute atomic E-state index is 12.2. The van der Waals surface area contributed by atoms with Gasteiger partial charge >= 0.3 is 0 Å². The highest BCUT2D eigenvalue weighted by Crippen LogP contribution is 2.18. The lowest BCUT2D eigenvalue weighted by atomic mass is 10.2. The van der Waals surface area contributed by atoms with Crippen LogP contribution in [0, 0.1) is 6.92 Å². The minimum absolute atomic E-state index is 0.161. The summed E-state index contributed by atoms with van der Waals surface area (Å²) in [4.78, 5) is 12.5. The van der Waals surface area contributed by atoms with Crippen molar-refractivity contribution in [3.8, 4) is 5.75 Å². The number of nitrogens with zero attached hydrogens (tertiary/aromatic N) is 2. The van der Waals surface area contributed by atoms with Gasteiger partial charge < -0.3 is 15.8 Å². The average Bonchev–Trinajstić information content (AvgIpc) is 2.76. The molecule has 1 aromatic heterocycles. The van der Waals surface area contributed by atoms with E-state index >= 15 is 0 Å². The lowest BCUT2D eigenvalue weighted by Crippen LogP contribution is -2.18. The van der Waals surface area contributed by atoms with Gasteiger partial charge in [0.1, 0.15) is 17.3 Å². The Bertz CT molecular complexity index is 681. The van der Waals surface area contributed by atoms with Gasteiger partial charge in [-0.15, -0.1) is 0 Å². The van der Waals surface area contributed by atoms with Gasteiger partial charge in [-0.25, -0.2) is 0 Å². The monoisotopic (exact) mass is 304 g/mol. The van der Waals surface area contributed by atoms with Crippen LogP contribution in [0.5, 0.6) is 5.75 Å². The van der Waals surface area contributed by atoms with Crippen molar-refractivity contribution in [3.05, 3.63) is 41.7 Å². The lowest BCUT2D eigenvalue weighted by molar-refractivity contribution is 0.102. The van der Waals surface area contributed by atoms with Crippen LogP contribution in [0.25, 0.3) is 0 Å². The summed E-state index contributed by atoms with van der Waals surface area (Å²) in [7, 11) is 1.77. The molecule has 1 heterocycles. The zero-order valence-corrected chi connectivity index (χ0v) is 12.6. The van der Waals surface area contributed by atoms with Gasteiger partial charge in [0.05, 0.1) is 11.3 Å². The molecule has 2 aromatic rings. The van der Waals surface area contributed by atoms with Crippen LogP contribution in [0.1, 0.15) is 16.1 Å². The van der Waals surface area contributed by atoms with Gasteiger partial charge in [-0.3, -0.25) is 9.48 Å². The zero-order valence-electron chi connectivity index (χ0n) is 11.8. The lowest BCUT2D eigenvalue weighted by Gasteiger charge is -2.08. The number of aryl methyl sites for hydroxylation is 2. The molecule has 2 rings (SSSR count). The largest absolute Gasteiger partial charge is 0.486 e. The molecule has 0 aliphatic carbocycles. The number of carbonyl (C=O) groups excluding carboxylic acids is 1. The summed E-state index contributed by atoms with van der Waals surface area (Å²) in [5.74, 6) is 0.371. The van der Waals surface area contributed by atoms with Crippen molar-refractivity contribution in [3.63, 3.8) is 0 Å². The standard InChI is InChI=1S/C14H16N4O2S/c1-9-12(7-18(2)17-9)14(19)16-10-4-3-5-11(6-10)20-8-13(15)21/h3-7H,8H2,1-2H3,(H2,15,21)(H,16,19). The molecule has 3 N–H and O–H groups in total. The number of benzene rings is 1. The van der Waals surface area contributed by atoms with E-state index in [2.05, 4.69) is 10.4 Å². The Hall–Kier alpha value is -2.41. The van der Waals surface area contributed by atoms with Crippen molar-refractivity contribution >= 4 is 28.8 Å². The van der Waals surface area contributed by atoms with E-state index in [0.717, 1.165) is 0 Å². The molecule has 21 heavy (non-hydrogen) atoms. The Morgan fingerprint density at radius 2 is 2.29 bits per heavy atom. The maximum atomic E-state index is 12.2. The van der Waals surface area contributed by atoms with Crippen molar-refractivity contribution in [2.45, 2.75) is 6.92 Å². The SMILES string of the molecule is Cc1nn(C)cc1C(=O)Nc1cccc(OCC(N)=S)c1. The second-order valence-corrected chi connectivity index (χ2v) is 5.06. The summed E-state index contributed by atoms with van der Waals surface area (Å²) in [5.41, 5.74) is 7.22. The Balaban J connectivity index is 2.09. The van der Waals surface area contributed by atoms with E-state index in [1.807, 2.05) is 0 Å². The van der Waals surface area contributed by atoms with Gasteiger partial charge in [0.25, 0.3) is 5.91 Å². The molecule has 0 saturated carbocycles. The van der Waals surface area contributed by atoms with Crippen LogP contribution >= 0.6 is 12.2 Å². The Labute approximate surface area is 127 Å². The second kappa shape index (κ2) is 6.36. The average molecular weight is 304 g/mol.